The molecule has 0 aliphatic rings. The Labute approximate surface area is 189 Å². The number of benzene rings is 1. The number of aryl methyl sites for hydroxylation is 1. The molecule has 164 valence electrons. The number of rotatable bonds is 8. The van der Waals surface area contributed by atoms with Crippen LogP contribution < -0.4 is 10.1 Å². The van der Waals surface area contributed by atoms with Crippen molar-refractivity contribution in [2.45, 2.75) is 25.9 Å². The van der Waals surface area contributed by atoms with Crippen LogP contribution in [-0.2, 0) is 16.6 Å². The number of aromatic nitrogens is 3. The van der Waals surface area contributed by atoms with Crippen LogP contribution in [0.4, 0.5) is 5.00 Å². The van der Waals surface area contributed by atoms with Gasteiger partial charge in [0.2, 0.25) is 5.91 Å². The van der Waals surface area contributed by atoms with Gasteiger partial charge in [0, 0.05) is 17.5 Å². The molecule has 31 heavy (non-hydrogen) atoms. The lowest BCUT2D eigenvalue weighted by atomic mass is 10.1. The minimum atomic E-state index is -0.427. The summed E-state index contributed by atoms with van der Waals surface area (Å²) in [6.07, 6.45) is 0. The number of amides is 1. The Bertz CT molecular complexity index is 1110. The first-order valence-corrected chi connectivity index (χ1v) is 11.4. The minimum absolute atomic E-state index is 0.127. The zero-order valence-corrected chi connectivity index (χ0v) is 19.6. The molecule has 2 aromatic heterocycles. The van der Waals surface area contributed by atoms with Crippen LogP contribution in [0, 0.1) is 13.8 Å². The summed E-state index contributed by atoms with van der Waals surface area (Å²) in [5, 5.41) is 12.4. The van der Waals surface area contributed by atoms with Gasteiger partial charge in [-0.1, -0.05) is 23.9 Å². The van der Waals surface area contributed by atoms with Crippen LogP contribution in [0.25, 0.3) is 11.4 Å². The third-order valence-corrected chi connectivity index (χ3v) is 6.76. The molecule has 3 rings (SSSR count). The number of thioether (sulfide) groups is 1. The molecular weight excluding hydrogens is 436 g/mol. The maximum Gasteiger partial charge on any atom is 0.341 e. The monoisotopic (exact) mass is 460 g/mol. The van der Waals surface area contributed by atoms with E-state index in [9.17, 15) is 9.59 Å². The number of hydrogen-bond donors (Lipinski definition) is 1. The maximum absolute atomic E-state index is 12.6. The number of thiophene rings is 1. The number of methoxy groups -OCH3 is 1. The lowest BCUT2D eigenvalue weighted by Gasteiger charge is -2.07. The van der Waals surface area contributed by atoms with Crippen LogP contribution in [0.3, 0.4) is 0 Å². The molecule has 2 heterocycles. The Morgan fingerprint density at radius 1 is 1.26 bits per heavy atom. The lowest BCUT2D eigenvalue weighted by Crippen LogP contribution is -2.16. The van der Waals surface area contributed by atoms with Gasteiger partial charge in [0.15, 0.2) is 11.0 Å². The fourth-order valence-corrected chi connectivity index (χ4v) is 4.69. The molecule has 0 aliphatic carbocycles. The van der Waals surface area contributed by atoms with Crippen molar-refractivity contribution < 1.29 is 19.1 Å². The zero-order valence-electron chi connectivity index (χ0n) is 18.0. The molecule has 0 aliphatic heterocycles. The van der Waals surface area contributed by atoms with Crippen molar-refractivity contribution in [3.05, 3.63) is 40.3 Å². The normalized spacial score (nSPS) is 10.7. The van der Waals surface area contributed by atoms with E-state index in [0.717, 1.165) is 21.8 Å². The van der Waals surface area contributed by atoms with Gasteiger partial charge in [0.1, 0.15) is 10.8 Å². The highest BCUT2D eigenvalue weighted by molar-refractivity contribution is 7.99. The molecular formula is C21H24N4O4S2. The van der Waals surface area contributed by atoms with E-state index in [1.54, 1.807) is 14.0 Å². The molecule has 1 amide bonds. The van der Waals surface area contributed by atoms with E-state index in [0.29, 0.717) is 21.5 Å². The fraction of sp³-hybridized carbons (Fsp3) is 0.333. The lowest BCUT2D eigenvalue weighted by molar-refractivity contribution is -0.113. The average Bonchev–Trinajstić information content (AvgIpc) is 3.25. The van der Waals surface area contributed by atoms with Gasteiger partial charge in [-0.2, -0.15) is 0 Å². The summed E-state index contributed by atoms with van der Waals surface area (Å²) in [6, 6.07) is 7.54. The van der Waals surface area contributed by atoms with Crippen molar-refractivity contribution in [3.63, 3.8) is 0 Å². The van der Waals surface area contributed by atoms with E-state index >= 15 is 0 Å². The summed E-state index contributed by atoms with van der Waals surface area (Å²) in [5.41, 5.74) is 2.11. The summed E-state index contributed by atoms with van der Waals surface area (Å²) < 4.78 is 12.2. The van der Waals surface area contributed by atoms with Gasteiger partial charge in [-0.15, -0.1) is 21.5 Å². The van der Waals surface area contributed by atoms with Crippen LogP contribution in [0.2, 0.25) is 0 Å². The fourth-order valence-electron chi connectivity index (χ4n) is 2.91. The van der Waals surface area contributed by atoms with E-state index in [2.05, 4.69) is 15.5 Å². The second-order valence-corrected chi connectivity index (χ2v) is 8.81. The van der Waals surface area contributed by atoms with E-state index < -0.39 is 5.97 Å². The Balaban J connectivity index is 1.69. The molecule has 0 bridgehead atoms. The molecule has 0 saturated carbocycles. The van der Waals surface area contributed by atoms with E-state index in [1.165, 1.54) is 23.1 Å². The number of nitrogens with one attached hydrogen (secondary N) is 1. The molecule has 0 saturated heterocycles. The molecule has 0 unspecified atom stereocenters. The SMILES string of the molecule is CCOC(=O)c1c(NC(=O)CSc2nnc(-c3cccc(OC)c3)n2C)sc(C)c1C. The summed E-state index contributed by atoms with van der Waals surface area (Å²) >= 11 is 2.64. The van der Waals surface area contributed by atoms with Crippen molar-refractivity contribution >= 4 is 40.0 Å². The molecule has 0 fully saturated rings. The molecule has 8 nitrogen and oxygen atoms in total. The first-order valence-electron chi connectivity index (χ1n) is 9.59. The third kappa shape index (κ3) is 5.08. The predicted molar refractivity (Wildman–Crippen MR) is 122 cm³/mol. The predicted octanol–water partition coefficient (Wildman–Crippen LogP) is 4.08. The Hall–Kier alpha value is -2.85. The van der Waals surface area contributed by atoms with Crippen molar-refractivity contribution in [2.24, 2.45) is 7.05 Å². The van der Waals surface area contributed by atoms with Gasteiger partial charge >= 0.3 is 5.97 Å². The smallest absolute Gasteiger partial charge is 0.341 e. The second-order valence-electron chi connectivity index (χ2n) is 6.64. The van der Waals surface area contributed by atoms with Crippen LogP contribution in [0.5, 0.6) is 5.75 Å². The van der Waals surface area contributed by atoms with Gasteiger partial charge in [0.05, 0.1) is 25.0 Å². The third-order valence-electron chi connectivity index (χ3n) is 4.61. The van der Waals surface area contributed by atoms with Crippen molar-refractivity contribution in [1.82, 2.24) is 14.8 Å². The van der Waals surface area contributed by atoms with Crippen LogP contribution in [0.1, 0.15) is 27.7 Å². The van der Waals surface area contributed by atoms with Crippen LogP contribution in [0.15, 0.2) is 29.4 Å². The summed E-state index contributed by atoms with van der Waals surface area (Å²) in [4.78, 5) is 25.8. The van der Waals surface area contributed by atoms with Gasteiger partial charge in [-0.05, 0) is 38.5 Å². The molecule has 1 aromatic carbocycles. The number of nitrogens with zero attached hydrogens (tertiary/aromatic N) is 3. The molecule has 10 heteroatoms. The molecule has 3 aromatic rings. The number of hydrogen-bond acceptors (Lipinski definition) is 8. The van der Waals surface area contributed by atoms with Crippen LogP contribution in [-0.4, -0.2) is 46.1 Å². The number of anilines is 1. The largest absolute Gasteiger partial charge is 0.497 e. The van der Waals surface area contributed by atoms with Crippen LogP contribution >= 0.6 is 23.1 Å². The first kappa shape index (κ1) is 22.8. The summed E-state index contributed by atoms with van der Waals surface area (Å²) in [5.74, 6) is 0.873. The number of carbonyl (C=O) groups excluding carboxylic acids is 2. The van der Waals surface area contributed by atoms with E-state index in [-0.39, 0.29) is 18.3 Å². The molecule has 0 radical (unpaired) electrons. The quantitative estimate of drug-likeness (QED) is 0.400. The molecule has 0 spiro atoms. The second kappa shape index (κ2) is 9.97. The highest BCUT2D eigenvalue weighted by atomic mass is 32.2. The van der Waals surface area contributed by atoms with E-state index in [4.69, 9.17) is 9.47 Å². The number of ether oxygens (including phenoxy) is 2. The highest BCUT2D eigenvalue weighted by Crippen LogP contribution is 2.33. The summed E-state index contributed by atoms with van der Waals surface area (Å²) in [6.45, 7) is 5.79. The van der Waals surface area contributed by atoms with Gasteiger partial charge in [0.25, 0.3) is 0 Å². The molecule has 1 N–H and O–H groups in total. The Kier molecular flexibility index (Phi) is 7.34. The Morgan fingerprint density at radius 3 is 2.74 bits per heavy atom. The van der Waals surface area contributed by atoms with E-state index in [1.807, 2.05) is 49.7 Å². The first-order chi connectivity index (χ1) is 14.8. The number of esters is 1. The van der Waals surface area contributed by atoms with Gasteiger partial charge in [-0.3, -0.25) is 4.79 Å². The number of carbonyl (C=O) groups is 2. The van der Waals surface area contributed by atoms with Crippen molar-refractivity contribution in [1.29, 1.82) is 0 Å². The maximum atomic E-state index is 12.6. The van der Waals surface area contributed by atoms with Crippen molar-refractivity contribution in [2.75, 3.05) is 24.8 Å². The summed E-state index contributed by atoms with van der Waals surface area (Å²) in [7, 11) is 3.46. The topological polar surface area (TPSA) is 95.3 Å². The van der Waals surface area contributed by atoms with Gasteiger partial charge < -0.3 is 19.4 Å². The van der Waals surface area contributed by atoms with Gasteiger partial charge in [-0.25, -0.2) is 4.79 Å². The van der Waals surface area contributed by atoms with Crippen molar-refractivity contribution in [3.8, 4) is 17.1 Å². The molecule has 0 atom stereocenters. The average molecular weight is 461 g/mol. The zero-order chi connectivity index (χ0) is 22.5. The highest BCUT2D eigenvalue weighted by Gasteiger charge is 2.22. The standard InChI is InChI=1S/C21H24N4O4S2/c1-6-29-20(27)17-12(2)13(3)31-19(17)22-16(26)11-30-21-24-23-18(25(21)4)14-8-7-9-15(10-14)28-5/h7-10H,6,11H2,1-5H3,(H,22,26). The minimum Gasteiger partial charge on any atom is -0.497 e. The Morgan fingerprint density at radius 2 is 2.03 bits per heavy atom.